The van der Waals surface area contributed by atoms with Gasteiger partial charge in [0.25, 0.3) is 5.91 Å². The Morgan fingerprint density at radius 3 is 2.68 bits per heavy atom. The first-order chi connectivity index (χ1) is 10.6. The van der Waals surface area contributed by atoms with Crippen molar-refractivity contribution < 1.29 is 13.7 Å². The zero-order chi connectivity index (χ0) is 15.7. The molecule has 1 amide bonds. The third-order valence-electron chi connectivity index (χ3n) is 3.97. The van der Waals surface area contributed by atoms with Crippen LogP contribution in [0, 0.1) is 12.7 Å². The summed E-state index contributed by atoms with van der Waals surface area (Å²) in [5.41, 5.74) is 1.38. The summed E-state index contributed by atoms with van der Waals surface area (Å²) in [5, 5.41) is 3.96. The molecular weight excluding hydrogens is 285 g/mol. The van der Waals surface area contributed by atoms with Crippen molar-refractivity contribution in [3.05, 3.63) is 41.4 Å². The molecule has 0 saturated carbocycles. The van der Waals surface area contributed by atoms with Crippen molar-refractivity contribution in [2.75, 3.05) is 33.2 Å². The average Bonchev–Trinajstić information content (AvgIpc) is 2.89. The van der Waals surface area contributed by atoms with Gasteiger partial charge in [-0.25, -0.2) is 4.39 Å². The maximum Gasteiger partial charge on any atom is 0.259 e. The molecule has 1 fully saturated rings. The molecule has 2 aromatic rings. The molecule has 0 N–H and O–H groups in total. The lowest BCUT2D eigenvalue weighted by Gasteiger charge is -2.32. The Balaban J connectivity index is 1.94. The molecule has 5 nitrogen and oxygen atoms in total. The van der Waals surface area contributed by atoms with Crippen LogP contribution in [0.4, 0.5) is 4.39 Å². The minimum Gasteiger partial charge on any atom is -0.360 e. The number of benzene rings is 1. The minimum absolute atomic E-state index is 0.105. The molecule has 1 aromatic heterocycles. The second kappa shape index (κ2) is 5.88. The smallest absolute Gasteiger partial charge is 0.259 e. The Kier molecular flexibility index (Phi) is 3.94. The molecule has 1 aromatic carbocycles. The first-order valence-corrected chi connectivity index (χ1v) is 7.26. The topological polar surface area (TPSA) is 49.6 Å². The van der Waals surface area contributed by atoms with Gasteiger partial charge in [-0.2, -0.15) is 0 Å². The van der Waals surface area contributed by atoms with Gasteiger partial charge in [0.1, 0.15) is 22.8 Å². The zero-order valence-corrected chi connectivity index (χ0v) is 12.7. The van der Waals surface area contributed by atoms with E-state index in [1.54, 1.807) is 24.0 Å². The Morgan fingerprint density at radius 2 is 2.00 bits per heavy atom. The molecule has 3 rings (SSSR count). The number of carbonyl (C=O) groups excluding carboxylic acids is 1. The molecule has 0 atom stereocenters. The maximum atomic E-state index is 13.4. The van der Waals surface area contributed by atoms with E-state index in [0.717, 1.165) is 13.1 Å². The molecule has 0 spiro atoms. The van der Waals surface area contributed by atoms with E-state index in [-0.39, 0.29) is 11.7 Å². The zero-order valence-electron chi connectivity index (χ0n) is 12.7. The van der Waals surface area contributed by atoms with Gasteiger partial charge >= 0.3 is 0 Å². The van der Waals surface area contributed by atoms with Crippen LogP contribution in [0.15, 0.2) is 28.8 Å². The normalized spacial score (nSPS) is 16.0. The molecule has 0 unspecified atom stereocenters. The largest absolute Gasteiger partial charge is 0.360 e. The minimum atomic E-state index is -0.365. The molecular formula is C16H18FN3O2. The van der Waals surface area contributed by atoms with Crippen molar-refractivity contribution in [3.63, 3.8) is 0 Å². The van der Waals surface area contributed by atoms with Crippen molar-refractivity contribution in [1.82, 2.24) is 15.0 Å². The molecule has 116 valence electrons. The van der Waals surface area contributed by atoms with Crippen LogP contribution >= 0.6 is 0 Å². The Hall–Kier alpha value is -2.21. The van der Waals surface area contributed by atoms with Gasteiger partial charge in [0.2, 0.25) is 0 Å². The lowest BCUT2D eigenvalue weighted by molar-refractivity contribution is 0.0663. The predicted octanol–water partition coefficient (Wildman–Crippen LogP) is 2.18. The van der Waals surface area contributed by atoms with Gasteiger partial charge in [0, 0.05) is 31.7 Å². The van der Waals surface area contributed by atoms with E-state index in [1.807, 2.05) is 7.05 Å². The van der Waals surface area contributed by atoms with E-state index in [2.05, 4.69) is 10.1 Å². The molecule has 1 saturated heterocycles. The molecule has 2 heterocycles. The van der Waals surface area contributed by atoms with E-state index in [1.165, 1.54) is 12.1 Å². The van der Waals surface area contributed by atoms with Crippen LogP contribution in [0.25, 0.3) is 11.3 Å². The maximum absolute atomic E-state index is 13.4. The van der Waals surface area contributed by atoms with Gasteiger partial charge in [-0.05, 0) is 26.1 Å². The van der Waals surface area contributed by atoms with Crippen molar-refractivity contribution >= 4 is 5.91 Å². The molecule has 0 aliphatic carbocycles. The lowest BCUT2D eigenvalue weighted by atomic mass is 10.0. The number of halogens is 1. The highest BCUT2D eigenvalue weighted by atomic mass is 19.1. The van der Waals surface area contributed by atoms with Crippen LogP contribution in [0.1, 0.15) is 16.1 Å². The molecule has 0 bridgehead atoms. The predicted molar refractivity (Wildman–Crippen MR) is 80.0 cm³/mol. The first-order valence-electron chi connectivity index (χ1n) is 7.26. The van der Waals surface area contributed by atoms with Gasteiger partial charge in [0.15, 0.2) is 0 Å². The highest BCUT2D eigenvalue weighted by molar-refractivity contribution is 6.00. The van der Waals surface area contributed by atoms with Crippen LogP contribution in [0.3, 0.4) is 0 Å². The molecule has 22 heavy (non-hydrogen) atoms. The number of nitrogens with zero attached hydrogens (tertiary/aromatic N) is 3. The SMILES string of the molecule is Cc1onc(-c2cccc(F)c2)c1C(=O)N1CCN(C)CC1. The van der Waals surface area contributed by atoms with Crippen LogP contribution in [-0.2, 0) is 0 Å². The number of aromatic nitrogens is 1. The van der Waals surface area contributed by atoms with Crippen LogP contribution in [-0.4, -0.2) is 54.1 Å². The molecule has 6 heteroatoms. The second-order valence-electron chi connectivity index (χ2n) is 5.57. The van der Waals surface area contributed by atoms with Gasteiger partial charge in [-0.3, -0.25) is 4.79 Å². The number of likely N-dealkylation sites (N-methyl/N-ethyl adjacent to an activating group) is 1. The third-order valence-corrected chi connectivity index (χ3v) is 3.97. The number of aryl methyl sites for hydroxylation is 1. The van der Waals surface area contributed by atoms with Gasteiger partial charge in [0.05, 0.1) is 0 Å². The van der Waals surface area contributed by atoms with E-state index >= 15 is 0 Å². The highest BCUT2D eigenvalue weighted by Gasteiger charge is 2.27. The number of rotatable bonds is 2. The molecule has 1 aliphatic heterocycles. The summed E-state index contributed by atoms with van der Waals surface area (Å²) in [6.07, 6.45) is 0. The highest BCUT2D eigenvalue weighted by Crippen LogP contribution is 2.27. The number of hydrogen-bond acceptors (Lipinski definition) is 4. The summed E-state index contributed by atoms with van der Waals surface area (Å²) in [7, 11) is 2.03. The van der Waals surface area contributed by atoms with Crippen molar-refractivity contribution in [3.8, 4) is 11.3 Å². The van der Waals surface area contributed by atoms with Crippen molar-refractivity contribution in [2.24, 2.45) is 0 Å². The summed E-state index contributed by atoms with van der Waals surface area (Å²) >= 11 is 0. The van der Waals surface area contributed by atoms with Crippen molar-refractivity contribution in [2.45, 2.75) is 6.92 Å². The molecule has 1 aliphatic rings. The summed E-state index contributed by atoms with van der Waals surface area (Å²) < 4.78 is 18.6. The lowest BCUT2D eigenvalue weighted by Crippen LogP contribution is -2.47. The fraction of sp³-hybridized carbons (Fsp3) is 0.375. The average molecular weight is 303 g/mol. The van der Waals surface area contributed by atoms with Crippen LogP contribution in [0.2, 0.25) is 0 Å². The van der Waals surface area contributed by atoms with E-state index in [0.29, 0.717) is 35.7 Å². The quantitative estimate of drug-likeness (QED) is 0.853. The van der Waals surface area contributed by atoms with Crippen molar-refractivity contribution in [1.29, 1.82) is 0 Å². The summed E-state index contributed by atoms with van der Waals surface area (Å²) in [6, 6.07) is 6.04. The standard InChI is InChI=1S/C16H18FN3O2/c1-11-14(16(21)20-8-6-19(2)7-9-20)15(18-22-11)12-4-3-5-13(17)10-12/h3-5,10H,6-9H2,1-2H3. The number of amides is 1. The van der Waals surface area contributed by atoms with Gasteiger partial charge in [-0.15, -0.1) is 0 Å². The molecule has 0 radical (unpaired) electrons. The fourth-order valence-electron chi connectivity index (χ4n) is 2.62. The van der Waals surface area contributed by atoms with Crippen LogP contribution in [0.5, 0.6) is 0 Å². The van der Waals surface area contributed by atoms with E-state index < -0.39 is 0 Å². The van der Waals surface area contributed by atoms with E-state index in [4.69, 9.17) is 4.52 Å². The van der Waals surface area contributed by atoms with E-state index in [9.17, 15) is 9.18 Å². The van der Waals surface area contributed by atoms with Gasteiger partial charge in [-0.1, -0.05) is 17.3 Å². The Bertz CT molecular complexity index is 690. The van der Waals surface area contributed by atoms with Gasteiger partial charge < -0.3 is 14.3 Å². The Labute approximate surface area is 128 Å². The third kappa shape index (κ3) is 2.74. The second-order valence-corrected chi connectivity index (χ2v) is 5.57. The monoisotopic (exact) mass is 303 g/mol. The summed E-state index contributed by atoms with van der Waals surface area (Å²) in [6.45, 7) is 4.72. The number of piperazine rings is 1. The summed E-state index contributed by atoms with van der Waals surface area (Å²) in [4.78, 5) is 16.8. The number of carbonyl (C=O) groups is 1. The van der Waals surface area contributed by atoms with Crippen LogP contribution < -0.4 is 0 Å². The Morgan fingerprint density at radius 1 is 1.27 bits per heavy atom. The first kappa shape index (κ1) is 14.7. The fourth-order valence-corrected chi connectivity index (χ4v) is 2.62. The number of hydrogen-bond donors (Lipinski definition) is 0. The summed E-state index contributed by atoms with van der Waals surface area (Å²) in [5.74, 6) is -0.00884.